The van der Waals surface area contributed by atoms with Gasteiger partial charge in [0.15, 0.2) is 11.1 Å². The molecule has 32 heavy (non-hydrogen) atoms. The zero-order chi connectivity index (χ0) is 24.7. The van der Waals surface area contributed by atoms with Gasteiger partial charge in [0.2, 0.25) is 0 Å². The molecular weight excluding hydrogens is 527 g/mol. The monoisotopic (exact) mass is 541 g/mol. The molecular formula is C11H15ClN3O14P3. The standard InChI is InChI=1S/C11H15ClN3O14P3/c1-3-11(12)7(16)6(26-8(11)15-4-13-9(17)14-10(15)18)5(2)27-31(22,23)29-32(24,25)28-30(19,20)21/h1,4-8,16H,2H3,(H,22,23)(H,24,25)(H,14,17,18)(H2,19,20,21)/t5-,6+,7?,8+,11?/m0/s1. The number of aliphatic hydroxyl groups excluding tert-OH is 1. The van der Waals surface area contributed by atoms with Gasteiger partial charge in [-0.2, -0.15) is 13.6 Å². The third-order valence-corrected chi connectivity index (χ3v) is 8.23. The second-order valence-corrected chi connectivity index (χ2v) is 11.1. The lowest BCUT2D eigenvalue weighted by molar-refractivity contribution is -0.0752. The van der Waals surface area contributed by atoms with E-state index in [0.29, 0.717) is 10.9 Å². The molecule has 1 aliphatic heterocycles. The van der Waals surface area contributed by atoms with Gasteiger partial charge in [-0.1, -0.05) is 17.5 Å². The summed E-state index contributed by atoms with van der Waals surface area (Å²) in [5.41, 5.74) is -2.09. The van der Waals surface area contributed by atoms with Crippen LogP contribution in [0.4, 0.5) is 0 Å². The lowest BCUT2D eigenvalue weighted by Gasteiger charge is -2.26. The molecule has 0 aromatic carbocycles. The van der Waals surface area contributed by atoms with Crippen LogP contribution in [-0.2, 0) is 31.6 Å². The smallest absolute Gasteiger partial charge is 0.387 e. The number of hydrogen-bond acceptors (Lipinski definition) is 11. The van der Waals surface area contributed by atoms with Crippen LogP contribution < -0.4 is 11.4 Å². The number of alkyl halides is 1. The second kappa shape index (κ2) is 9.21. The molecule has 17 nitrogen and oxygen atoms in total. The average molecular weight is 542 g/mol. The number of aromatic amines is 1. The summed E-state index contributed by atoms with van der Waals surface area (Å²) in [6.07, 6.45) is -0.929. The summed E-state index contributed by atoms with van der Waals surface area (Å²) < 4.78 is 51.8. The first-order chi connectivity index (χ1) is 14.4. The topological polar surface area (TPSA) is 257 Å². The summed E-state index contributed by atoms with van der Waals surface area (Å²) in [4.78, 5) is 61.9. The third-order valence-electron chi connectivity index (χ3n) is 3.79. The van der Waals surface area contributed by atoms with Gasteiger partial charge in [0.05, 0.1) is 6.10 Å². The number of terminal acetylenes is 1. The molecule has 2 rings (SSSR count). The number of H-pyrrole nitrogens is 1. The van der Waals surface area contributed by atoms with Crippen molar-refractivity contribution in [3.63, 3.8) is 0 Å². The van der Waals surface area contributed by atoms with Gasteiger partial charge in [0.25, 0.3) is 0 Å². The van der Waals surface area contributed by atoms with E-state index in [1.165, 1.54) is 0 Å². The van der Waals surface area contributed by atoms with E-state index in [9.17, 15) is 38.2 Å². The van der Waals surface area contributed by atoms with Crippen LogP contribution in [0, 0.1) is 12.3 Å². The maximum atomic E-state index is 12.0. The molecule has 21 heteroatoms. The Kier molecular flexibility index (Phi) is 7.78. The van der Waals surface area contributed by atoms with E-state index in [1.54, 1.807) is 4.98 Å². The molecule has 4 unspecified atom stereocenters. The highest BCUT2D eigenvalue weighted by molar-refractivity contribution is 7.66. The Morgan fingerprint density at radius 3 is 2.38 bits per heavy atom. The fourth-order valence-corrected chi connectivity index (χ4v) is 6.07. The van der Waals surface area contributed by atoms with E-state index in [2.05, 4.69) is 18.1 Å². The minimum absolute atomic E-state index is 0.620. The number of nitrogens with zero attached hydrogens (tertiary/aromatic N) is 2. The van der Waals surface area contributed by atoms with Crippen LogP contribution in [0.1, 0.15) is 13.2 Å². The van der Waals surface area contributed by atoms with E-state index in [4.69, 9.17) is 32.5 Å². The van der Waals surface area contributed by atoms with Crippen LogP contribution in [0.2, 0.25) is 0 Å². The molecule has 180 valence electrons. The van der Waals surface area contributed by atoms with Gasteiger partial charge in [0.1, 0.15) is 18.5 Å². The normalized spacial score (nSPS) is 30.8. The highest BCUT2D eigenvalue weighted by Gasteiger charge is 2.58. The lowest BCUT2D eigenvalue weighted by Crippen LogP contribution is -2.45. The Hall–Kier alpha value is -1.21. The number of phosphoric acid groups is 3. The first-order valence-corrected chi connectivity index (χ1v) is 12.8. The molecule has 0 spiro atoms. The number of aliphatic hydroxyl groups is 1. The van der Waals surface area contributed by atoms with Gasteiger partial charge >= 0.3 is 34.8 Å². The Bertz CT molecular complexity index is 1170. The van der Waals surface area contributed by atoms with Crippen LogP contribution in [-0.4, -0.2) is 62.4 Å². The molecule has 0 saturated carbocycles. The first-order valence-electron chi connectivity index (χ1n) is 7.90. The van der Waals surface area contributed by atoms with Gasteiger partial charge < -0.3 is 29.4 Å². The van der Waals surface area contributed by atoms with E-state index in [1.807, 2.05) is 5.92 Å². The maximum Gasteiger partial charge on any atom is 0.490 e. The van der Waals surface area contributed by atoms with Crippen LogP contribution in [0.15, 0.2) is 15.9 Å². The van der Waals surface area contributed by atoms with Crippen LogP contribution in [0.5, 0.6) is 0 Å². The maximum absolute atomic E-state index is 12.0. The zero-order valence-electron chi connectivity index (χ0n) is 15.5. The largest absolute Gasteiger partial charge is 0.490 e. The summed E-state index contributed by atoms with van der Waals surface area (Å²) in [6.45, 7) is 0.996. The fraction of sp³-hybridized carbons (Fsp3) is 0.545. The quantitative estimate of drug-likeness (QED) is 0.125. The van der Waals surface area contributed by atoms with Crippen LogP contribution >= 0.6 is 35.1 Å². The molecule has 1 aromatic rings. The van der Waals surface area contributed by atoms with Gasteiger partial charge in [-0.05, 0) is 6.92 Å². The molecule has 0 amide bonds. The summed E-state index contributed by atoms with van der Waals surface area (Å²) in [5, 5.41) is 10.5. The van der Waals surface area contributed by atoms with E-state index in [0.717, 1.165) is 6.92 Å². The highest BCUT2D eigenvalue weighted by Crippen LogP contribution is 2.66. The predicted octanol–water partition coefficient (Wildman–Crippen LogP) is -1.47. The summed E-state index contributed by atoms with van der Waals surface area (Å²) in [5.74, 6) is 1.99. The first kappa shape index (κ1) is 27.0. The van der Waals surface area contributed by atoms with Crippen molar-refractivity contribution in [2.24, 2.45) is 0 Å². The predicted molar refractivity (Wildman–Crippen MR) is 101 cm³/mol. The van der Waals surface area contributed by atoms with Gasteiger partial charge in [0, 0.05) is 0 Å². The van der Waals surface area contributed by atoms with Crippen molar-refractivity contribution in [2.75, 3.05) is 0 Å². The zero-order valence-corrected chi connectivity index (χ0v) is 18.9. The van der Waals surface area contributed by atoms with Gasteiger partial charge in [-0.3, -0.25) is 14.1 Å². The molecule has 0 aliphatic carbocycles. The third kappa shape index (κ3) is 6.22. The van der Waals surface area contributed by atoms with E-state index < -0.39 is 64.3 Å². The van der Waals surface area contributed by atoms with Gasteiger partial charge in [-0.25, -0.2) is 23.3 Å². The molecule has 0 bridgehead atoms. The summed E-state index contributed by atoms with van der Waals surface area (Å²) >= 11 is 6.21. The molecule has 0 radical (unpaired) electrons. The van der Waals surface area contributed by atoms with Crippen molar-refractivity contribution in [1.29, 1.82) is 0 Å². The summed E-state index contributed by atoms with van der Waals surface area (Å²) in [7, 11) is -17.0. The number of ether oxygens (including phenoxy) is 1. The molecule has 1 saturated heterocycles. The van der Waals surface area contributed by atoms with E-state index in [-0.39, 0.29) is 0 Å². The average Bonchev–Trinajstić information content (AvgIpc) is 2.84. The number of nitrogens with one attached hydrogen (secondary N) is 1. The number of halogens is 1. The Balaban J connectivity index is 2.28. The molecule has 1 aromatic heterocycles. The molecule has 2 heterocycles. The summed E-state index contributed by atoms with van der Waals surface area (Å²) in [6, 6.07) is 0. The van der Waals surface area contributed by atoms with Crippen molar-refractivity contribution < 1.29 is 56.3 Å². The van der Waals surface area contributed by atoms with Crippen molar-refractivity contribution in [3.8, 4) is 12.3 Å². The SMILES string of the molecule is C#CC1(Cl)C(O)[C@@H]([C@H](C)OP(=O)(O)OP(=O)(O)OP(=O)(O)O)O[C@H]1n1cnc(=O)[nH]c1=O. The lowest BCUT2D eigenvalue weighted by atomic mass is 9.97. The Morgan fingerprint density at radius 1 is 1.28 bits per heavy atom. The molecule has 1 fully saturated rings. The van der Waals surface area contributed by atoms with Crippen LogP contribution in [0.25, 0.3) is 0 Å². The van der Waals surface area contributed by atoms with E-state index >= 15 is 0 Å². The molecule has 1 aliphatic rings. The number of rotatable bonds is 8. The second-order valence-electron chi connectivity index (χ2n) is 6.10. The highest BCUT2D eigenvalue weighted by atomic mass is 35.5. The number of phosphoric ester groups is 1. The number of hydrogen-bond donors (Lipinski definition) is 6. The van der Waals surface area contributed by atoms with Crippen LogP contribution in [0.3, 0.4) is 0 Å². The molecule has 7 atom stereocenters. The Labute approximate surface area is 182 Å². The van der Waals surface area contributed by atoms with Crippen molar-refractivity contribution in [3.05, 3.63) is 27.3 Å². The minimum atomic E-state index is -5.79. The van der Waals surface area contributed by atoms with Crippen molar-refractivity contribution in [2.45, 2.75) is 36.3 Å². The number of aromatic nitrogens is 3. The minimum Gasteiger partial charge on any atom is -0.387 e. The molecule has 6 N–H and O–H groups in total. The van der Waals surface area contributed by atoms with Crippen molar-refractivity contribution >= 4 is 35.1 Å². The Morgan fingerprint density at radius 2 is 1.88 bits per heavy atom. The van der Waals surface area contributed by atoms with Gasteiger partial charge in [-0.15, -0.1) is 6.42 Å². The fourth-order valence-electron chi connectivity index (χ4n) is 2.59. The van der Waals surface area contributed by atoms with Crippen molar-refractivity contribution in [1.82, 2.24) is 14.5 Å².